The molecule has 1 aliphatic carbocycles. The monoisotopic (exact) mass is 449 g/mol. The molecule has 162 valence electrons. The van der Waals surface area contributed by atoms with E-state index in [-0.39, 0.29) is 24.2 Å². The molecule has 0 saturated carbocycles. The molecule has 1 aliphatic rings. The summed E-state index contributed by atoms with van der Waals surface area (Å²) in [5.41, 5.74) is 2.22. The number of halogens is 1. The van der Waals surface area contributed by atoms with Gasteiger partial charge in [0.25, 0.3) is 5.56 Å². The molecule has 1 amide bonds. The van der Waals surface area contributed by atoms with E-state index in [4.69, 9.17) is 0 Å². The molecule has 6 nitrogen and oxygen atoms in total. The summed E-state index contributed by atoms with van der Waals surface area (Å²) >= 11 is 1.20. The summed E-state index contributed by atoms with van der Waals surface area (Å²) in [4.78, 5) is 39.3. The lowest BCUT2D eigenvalue weighted by Gasteiger charge is -2.16. The zero-order valence-corrected chi connectivity index (χ0v) is 18.1. The maximum absolute atomic E-state index is 13.7. The second-order valence-electron chi connectivity index (χ2n) is 7.94. The van der Waals surface area contributed by atoms with E-state index in [9.17, 15) is 18.8 Å². The predicted molar refractivity (Wildman–Crippen MR) is 122 cm³/mol. The fourth-order valence-electron chi connectivity index (χ4n) is 4.33. The number of thiophene rings is 1. The van der Waals surface area contributed by atoms with Crippen LogP contribution in [0.1, 0.15) is 29.2 Å². The van der Waals surface area contributed by atoms with Crippen LogP contribution in [0, 0.1) is 12.7 Å². The lowest BCUT2D eigenvalue weighted by atomic mass is 10.1. The molecule has 1 atom stereocenters. The van der Waals surface area contributed by atoms with Crippen molar-refractivity contribution in [3.8, 4) is 5.69 Å². The van der Waals surface area contributed by atoms with Gasteiger partial charge >= 0.3 is 5.69 Å². The Bertz CT molecular complexity index is 1480. The zero-order valence-electron chi connectivity index (χ0n) is 17.3. The normalized spacial score (nSPS) is 15.1. The topological polar surface area (TPSA) is 73.1 Å². The number of nitrogens with zero attached hydrogens (tertiary/aromatic N) is 2. The van der Waals surface area contributed by atoms with Crippen molar-refractivity contribution in [3.05, 3.63) is 97.3 Å². The third-order valence-electron chi connectivity index (χ3n) is 5.92. The Morgan fingerprint density at radius 2 is 2.00 bits per heavy atom. The molecule has 4 aromatic rings. The number of amides is 1. The first kappa shape index (κ1) is 20.4. The molecule has 2 heterocycles. The van der Waals surface area contributed by atoms with E-state index in [0.29, 0.717) is 15.8 Å². The number of hydrogen-bond acceptors (Lipinski definition) is 4. The first-order valence-electron chi connectivity index (χ1n) is 10.3. The minimum atomic E-state index is -0.631. The number of carbonyl (C=O) groups is 1. The summed E-state index contributed by atoms with van der Waals surface area (Å²) in [6.45, 7) is 1.35. The van der Waals surface area contributed by atoms with Gasteiger partial charge in [0.15, 0.2) is 0 Å². The molecule has 0 fully saturated rings. The van der Waals surface area contributed by atoms with Gasteiger partial charge in [0.2, 0.25) is 5.91 Å². The minimum absolute atomic E-state index is 0.0991. The average Bonchev–Trinajstić information content (AvgIpc) is 3.42. The van der Waals surface area contributed by atoms with Gasteiger partial charge in [-0.2, -0.15) is 0 Å². The minimum Gasteiger partial charge on any atom is -0.348 e. The van der Waals surface area contributed by atoms with Crippen molar-refractivity contribution in [2.45, 2.75) is 32.4 Å². The number of nitrogens with one attached hydrogen (secondary N) is 1. The molecule has 0 radical (unpaired) electrons. The van der Waals surface area contributed by atoms with Gasteiger partial charge in [-0.25, -0.2) is 13.8 Å². The van der Waals surface area contributed by atoms with Crippen molar-refractivity contribution in [3.63, 3.8) is 0 Å². The van der Waals surface area contributed by atoms with Gasteiger partial charge in [-0.1, -0.05) is 24.3 Å². The number of hydrogen-bond donors (Lipinski definition) is 1. The third kappa shape index (κ3) is 3.36. The van der Waals surface area contributed by atoms with Crippen molar-refractivity contribution >= 4 is 27.5 Å². The van der Waals surface area contributed by atoms with Gasteiger partial charge in [0, 0.05) is 0 Å². The molecule has 2 aromatic carbocycles. The highest BCUT2D eigenvalue weighted by Crippen LogP contribution is 2.30. The van der Waals surface area contributed by atoms with Gasteiger partial charge in [0.05, 0.1) is 17.2 Å². The molecule has 0 saturated heterocycles. The van der Waals surface area contributed by atoms with E-state index in [1.54, 1.807) is 18.4 Å². The van der Waals surface area contributed by atoms with E-state index < -0.39 is 17.1 Å². The fourth-order valence-corrected chi connectivity index (χ4v) is 5.15. The van der Waals surface area contributed by atoms with Crippen LogP contribution in [-0.2, 0) is 17.8 Å². The third-order valence-corrected chi connectivity index (χ3v) is 6.82. The van der Waals surface area contributed by atoms with Crippen molar-refractivity contribution in [2.24, 2.45) is 0 Å². The first-order chi connectivity index (χ1) is 15.4. The SMILES string of the molecule is Cc1cc(-n2c(=O)c3sccc3n(CC(=O)NC3CCc4ccccc43)c2=O)ccc1F. The molecule has 0 aliphatic heterocycles. The van der Waals surface area contributed by atoms with Crippen LogP contribution in [0.5, 0.6) is 0 Å². The maximum atomic E-state index is 13.7. The van der Waals surface area contributed by atoms with Crippen LogP contribution in [0.15, 0.2) is 63.5 Å². The van der Waals surface area contributed by atoms with Crippen LogP contribution < -0.4 is 16.6 Å². The summed E-state index contributed by atoms with van der Waals surface area (Å²) in [7, 11) is 0. The van der Waals surface area contributed by atoms with Crippen LogP contribution in [-0.4, -0.2) is 15.0 Å². The predicted octanol–water partition coefficient (Wildman–Crippen LogP) is 3.47. The molecule has 8 heteroatoms. The molecule has 2 aromatic heterocycles. The van der Waals surface area contributed by atoms with E-state index in [1.165, 1.54) is 39.7 Å². The Morgan fingerprint density at radius 1 is 1.19 bits per heavy atom. The second kappa shape index (κ2) is 7.87. The molecular formula is C24H20FN3O3S. The molecular weight excluding hydrogens is 429 g/mol. The average molecular weight is 450 g/mol. The largest absolute Gasteiger partial charge is 0.348 e. The Morgan fingerprint density at radius 3 is 2.81 bits per heavy atom. The van der Waals surface area contributed by atoms with E-state index in [2.05, 4.69) is 11.4 Å². The van der Waals surface area contributed by atoms with Crippen LogP contribution in [0.3, 0.4) is 0 Å². The first-order valence-corrected chi connectivity index (χ1v) is 11.2. The van der Waals surface area contributed by atoms with Crippen LogP contribution in [0.4, 0.5) is 4.39 Å². The highest BCUT2D eigenvalue weighted by Gasteiger charge is 2.24. The zero-order chi connectivity index (χ0) is 22.4. The van der Waals surface area contributed by atoms with Crippen molar-refractivity contribution < 1.29 is 9.18 Å². The van der Waals surface area contributed by atoms with Crippen molar-refractivity contribution in [1.82, 2.24) is 14.5 Å². The quantitative estimate of drug-likeness (QED) is 0.519. The van der Waals surface area contributed by atoms with E-state index >= 15 is 0 Å². The summed E-state index contributed by atoms with van der Waals surface area (Å²) in [5, 5.41) is 4.74. The lowest BCUT2D eigenvalue weighted by molar-refractivity contribution is -0.122. The number of rotatable bonds is 4. The summed E-state index contributed by atoms with van der Waals surface area (Å²) in [5.74, 6) is -0.725. The van der Waals surface area contributed by atoms with Gasteiger partial charge in [-0.05, 0) is 66.1 Å². The summed E-state index contributed by atoms with van der Waals surface area (Å²) < 4.78 is 16.4. The van der Waals surface area contributed by atoms with Gasteiger partial charge in [-0.3, -0.25) is 14.2 Å². The van der Waals surface area contributed by atoms with Gasteiger partial charge in [0.1, 0.15) is 17.1 Å². The summed E-state index contributed by atoms with van der Waals surface area (Å²) in [6, 6.07) is 13.6. The Balaban J connectivity index is 1.54. The van der Waals surface area contributed by atoms with Crippen LogP contribution in [0.25, 0.3) is 15.9 Å². The lowest BCUT2D eigenvalue weighted by Crippen LogP contribution is -2.41. The standard InChI is InChI=1S/C24H20FN3O3S/c1-14-12-16(7-8-18(14)25)28-23(30)22-20(10-11-32-22)27(24(28)31)13-21(29)26-19-9-6-15-4-2-3-5-17(15)19/h2-5,7-8,10-12,19H,6,9,13H2,1H3,(H,26,29). The number of fused-ring (bicyclic) bond motifs is 2. The van der Waals surface area contributed by atoms with Crippen LogP contribution >= 0.6 is 11.3 Å². The Hall–Kier alpha value is -3.52. The van der Waals surface area contributed by atoms with Gasteiger partial charge in [-0.15, -0.1) is 11.3 Å². The number of benzene rings is 2. The molecule has 0 spiro atoms. The number of carbonyl (C=O) groups excluding carboxylic acids is 1. The summed E-state index contributed by atoms with van der Waals surface area (Å²) in [6.07, 6.45) is 1.70. The van der Waals surface area contributed by atoms with Crippen molar-refractivity contribution in [1.29, 1.82) is 0 Å². The molecule has 5 rings (SSSR count). The highest BCUT2D eigenvalue weighted by atomic mass is 32.1. The van der Waals surface area contributed by atoms with E-state index in [1.807, 2.05) is 18.2 Å². The van der Waals surface area contributed by atoms with E-state index in [0.717, 1.165) is 23.0 Å². The smallest absolute Gasteiger partial charge is 0.336 e. The van der Waals surface area contributed by atoms with Crippen LogP contribution in [0.2, 0.25) is 0 Å². The molecule has 1 unspecified atom stereocenters. The molecule has 0 bridgehead atoms. The maximum Gasteiger partial charge on any atom is 0.336 e. The highest BCUT2D eigenvalue weighted by molar-refractivity contribution is 7.17. The number of aryl methyl sites for hydroxylation is 2. The fraction of sp³-hybridized carbons (Fsp3) is 0.208. The molecule has 32 heavy (non-hydrogen) atoms. The molecule has 1 N–H and O–H groups in total. The second-order valence-corrected chi connectivity index (χ2v) is 8.85. The Labute approximate surface area is 186 Å². The Kier molecular flexibility index (Phi) is 5.01. The number of aromatic nitrogens is 2. The van der Waals surface area contributed by atoms with Crippen molar-refractivity contribution in [2.75, 3.05) is 0 Å². The van der Waals surface area contributed by atoms with Gasteiger partial charge < -0.3 is 5.32 Å².